The third-order valence-electron chi connectivity index (χ3n) is 8.32. The van der Waals surface area contributed by atoms with E-state index < -0.39 is 23.2 Å². The predicted molar refractivity (Wildman–Crippen MR) is 168 cm³/mol. The van der Waals surface area contributed by atoms with Gasteiger partial charge in [0.05, 0.1) is 17.1 Å². The number of nitrogens with one attached hydrogen (secondary N) is 4. The highest BCUT2D eigenvalue weighted by Crippen LogP contribution is 2.38. The van der Waals surface area contributed by atoms with Crippen LogP contribution in [0.15, 0.2) is 53.5 Å². The van der Waals surface area contributed by atoms with E-state index in [0.29, 0.717) is 41.5 Å². The number of alkyl halides is 3. The van der Waals surface area contributed by atoms with Gasteiger partial charge in [0, 0.05) is 47.5 Å². The molecule has 5 rings (SSSR count). The summed E-state index contributed by atoms with van der Waals surface area (Å²) < 4.78 is 57.5. The van der Waals surface area contributed by atoms with Crippen molar-refractivity contribution < 1.29 is 17.6 Å². The first kappa shape index (κ1) is 32.4. The topological polar surface area (TPSA) is 125 Å². The summed E-state index contributed by atoms with van der Waals surface area (Å²) in [5, 5.41) is 14.9. The van der Waals surface area contributed by atoms with Gasteiger partial charge in [0.25, 0.3) is 0 Å². The van der Waals surface area contributed by atoms with E-state index in [0.717, 1.165) is 43.9 Å². The van der Waals surface area contributed by atoms with E-state index in [9.17, 15) is 22.4 Å². The van der Waals surface area contributed by atoms with Crippen LogP contribution in [0.4, 0.5) is 17.6 Å². The summed E-state index contributed by atoms with van der Waals surface area (Å²) in [6.45, 7) is 4.25. The number of piperidine rings is 1. The summed E-state index contributed by atoms with van der Waals surface area (Å²) in [4.78, 5) is 20.1. The minimum Gasteiger partial charge on any atom is -0.374 e. The lowest BCUT2D eigenvalue weighted by Crippen LogP contribution is -2.39. The molecule has 3 atom stereocenters. The number of rotatable bonds is 10. The monoisotopic (exact) mass is 625 g/mol. The molecule has 0 saturated carbocycles. The van der Waals surface area contributed by atoms with Crippen molar-refractivity contribution in [1.29, 1.82) is 5.41 Å². The highest BCUT2D eigenvalue weighted by atomic mass is 19.4. The Labute approximate surface area is 259 Å². The molecule has 2 aromatic heterocycles. The maximum absolute atomic E-state index is 14.9. The molecule has 240 valence electrons. The van der Waals surface area contributed by atoms with Crippen molar-refractivity contribution in [3.8, 4) is 16.9 Å². The van der Waals surface area contributed by atoms with E-state index in [-0.39, 0.29) is 35.3 Å². The quantitative estimate of drug-likeness (QED) is 0.0796. The molecule has 1 aliphatic rings. The molecule has 1 fully saturated rings. The van der Waals surface area contributed by atoms with Gasteiger partial charge in [-0.25, -0.2) is 9.18 Å². The number of benzene rings is 2. The molecular formula is C33H39F4N7O. The van der Waals surface area contributed by atoms with Crippen molar-refractivity contribution >= 4 is 16.9 Å². The summed E-state index contributed by atoms with van der Waals surface area (Å²) in [6.07, 6.45) is 1.82. The van der Waals surface area contributed by atoms with E-state index in [2.05, 4.69) is 20.6 Å². The molecule has 0 spiro atoms. The smallest absolute Gasteiger partial charge is 0.374 e. The van der Waals surface area contributed by atoms with E-state index >= 15 is 0 Å². The maximum Gasteiger partial charge on any atom is 0.419 e. The first-order chi connectivity index (χ1) is 21.4. The molecule has 45 heavy (non-hydrogen) atoms. The van der Waals surface area contributed by atoms with E-state index in [1.165, 1.54) is 10.6 Å². The Morgan fingerprint density at radius 2 is 1.96 bits per heavy atom. The molecule has 0 bridgehead atoms. The molecule has 2 aromatic carbocycles. The largest absolute Gasteiger partial charge is 0.419 e. The number of aromatic amines is 1. The van der Waals surface area contributed by atoms with Gasteiger partial charge in [0.15, 0.2) is 0 Å². The standard InChI is InChI=1S/C33H39F4N7O/c1-19(38)5-3-6-22-15-23(16-27(34)30(22)33(35,36)37)29-17-24-18-44(32(45)43-31(24)42-29)26-11-9-21(10-12-26)28-8-4-7-25(41-28)13-14-40-20(2)39/h9-12,15-19,25,28,41H,3-8,13-14,38H2,1-2H3,(H2,39,40)(H,42,43,45)/t19-,25-,28-/m0/s1. The zero-order chi connectivity index (χ0) is 32.3. The van der Waals surface area contributed by atoms with Gasteiger partial charge in [-0.15, -0.1) is 0 Å². The molecule has 0 unspecified atom stereocenters. The number of nitrogens with two attached hydrogens (primary N) is 1. The molecular weight excluding hydrogens is 586 g/mol. The number of halogens is 4. The average molecular weight is 626 g/mol. The van der Waals surface area contributed by atoms with Gasteiger partial charge < -0.3 is 21.4 Å². The lowest BCUT2D eigenvalue weighted by Gasteiger charge is -2.31. The summed E-state index contributed by atoms with van der Waals surface area (Å²) in [5.41, 5.74) is 6.43. The molecule has 8 nitrogen and oxygen atoms in total. The van der Waals surface area contributed by atoms with Crippen LogP contribution < -0.4 is 22.1 Å². The first-order valence-corrected chi connectivity index (χ1v) is 15.3. The van der Waals surface area contributed by atoms with E-state index in [4.69, 9.17) is 11.1 Å². The fourth-order valence-electron chi connectivity index (χ4n) is 6.09. The second-order valence-electron chi connectivity index (χ2n) is 12.0. The van der Waals surface area contributed by atoms with Crippen LogP contribution in [-0.4, -0.2) is 39.0 Å². The van der Waals surface area contributed by atoms with Crippen LogP contribution >= 0.6 is 0 Å². The van der Waals surface area contributed by atoms with Crippen molar-refractivity contribution in [2.75, 3.05) is 6.54 Å². The number of hydrogen-bond acceptors (Lipinski definition) is 5. The van der Waals surface area contributed by atoms with Gasteiger partial charge in [-0.2, -0.15) is 18.2 Å². The van der Waals surface area contributed by atoms with Crippen LogP contribution in [-0.2, 0) is 12.6 Å². The normalized spacial score (nSPS) is 17.8. The number of amidine groups is 1. The van der Waals surface area contributed by atoms with Gasteiger partial charge in [-0.1, -0.05) is 18.6 Å². The fraction of sp³-hybridized carbons (Fsp3) is 0.424. The summed E-state index contributed by atoms with van der Waals surface area (Å²) >= 11 is 0. The Morgan fingerprint density at radius 3 is 2.64 bits per heavy atom. The Hall–Kier alpha value is -4.03. The fourth-order valence-corrected chi connectivity index (χ4v) is 6.09. The maximum atomic E-state index is 14.9. The molecule has 6 N–H and O–H groups in total. The molecule has 0 aliphatic carbocycles. The molecule has 3 heterocycles. The Bertz CT molecular complexity index is 1710. The highest BCUT2D eigenvalue weighted by molar-refractivity contribution is 5.82. The number of H-pyrrole nitrogens is 1. The van der Waals surface area contributed by atoms with Crippen molar-refractivity contribution in [2.24, 2.45) is 5.73 Å². The van der Waals surface area contributed by atoms with Crippen LogP contribution in [0.5, 0.6) is 0 Å². The summed E-state index contributed by atoms with van der Waals surface area (Å²) in [6, 6.07) is 11.9. The third kappa shape index (κ3) is 7.80. The predicted octanol–water partition coefficient (Wildman–Crippen LogP) is 6.37. The number of nitrogens with zero attached hydrogens (tertiary/aromatic N) is 2. The minimum atomic E-state index is -4.83. The van der Waals surface area contributed by atoms with Gasteiger partial charge in [-0.05, 0) is 93.8 Å². The highest BCUT2D eigenvalue weighted by Gasteiger charge is 2.37. The van der Waals surface area contributed by atoms with Gasteiger partial charge in [0.2, 0.25) is 0 Å². The SMILES string of the molecule is CC(=N)NCC[C@@H]1CCC[C@@H](c2ccc(-n3cc4cc(-c5cc(F)c(C(F)(F)F)c(CCC[C@H](C)N)c5)[nH]c4nc3=O)cc2)N1. The number of aryl methyl sites for hydroxylation is 1. The van der Waals surface area contributed by atoms with E-state index in [1.54, 1.807) is 26.1 Å². The number of aromatic nitrogens is 3. The lowest BCUT2D eigenvalue weighted by atomic mass is 9.92. The van der Waals surface area contributed by atoms with Gasteiger partial charge in [0.1, 0.15) is 11.5 Å². The Kier molecular flexibility index (Phi) is 9.73. The molecule has 1 aliphatic heterocycles. The van der Waals surface area contributed by atoms with Gasteiger partial charge >= 0.3 is 11.9 Å². The Morgan fingerprint density at radius 1 is 1.20 bits per heavy atom. The summed E-state index contributed by atoms with van der Waals surface area (Å²) in [5.74, 6) is -0.887. The second-order valence-corrected chi connectivity index (χ2v) is 12.0. The van der Waals surface area contributed by atoms with E-state index in [1.807, 2.05) is 24.3 Å². The van der Waals surface area contributed by atoms with Crippen molar-refractivity contribution in [1.82, 2.24) is 25.2 Å². The second kappa shape index (κ2) is 13.5. The number of fused-ring (bicyclic) bond motifs is 1. The van der Waals surface area contributed by atoms with Crippen molar-refractivity contribution in [2.45, 2.75) is 83.1 Å². The van der Waals surface area contributed by atoms with Crippen LogP contribution in [0, 0.1) is 11.2 Å². The number of hydrogen-bond donors (Lipinski definition) is 5. The molecule has 4 aromatic rings. The molecule has 0 radical (unpaired) electrons. The van der Waals surface area contributed by atoms with Gasteiger partial charge in [-0.3, -0.25) is 9.98 Å². The minimum absolute atomic E-state index is 0.0268. The van der Waals surface area contributed by atoms with Crippen LogP contribution in [0.1, 0.15) is 75.1 Å². The zero-order valence-corrected chi connectivity index (χ0v) is 25.4. The average Bonchev–Trinajstić information content (AvgIpc) is 3.38. The third-order valence-corrected chi connectivity index (χ3v) is 8.32. The van der Waals surface area contributed by atoms with Crippen LogP contribution in [0.2, 0.25) is 0 Å². The molecule has 1 saturated heterocycles. The lowest BCUT2D eigenvalue weighted by molar-refractivity contribution is -0.140. The first-order valence-electron chi connectivity index (χ1n) is 15.3. The molecule has 0 amide bonds. The van der Waals surface area contributed by atoms with Crippen LogP contribution in [0.25, 0.3) is 28.0 Å². The van der Waals surface area contributed by atoms with Crippen LogP contribution in [0.3, 0.4) is 0 Å². The van der Waals surface area contributed by atoms with Crippen molar-refractivity contribution in [3.63, 3.8) is 0 Å². The summed E-state index contributed by atoms with van der Waals surface area (Å²) in [7, 11) is 0. The molecule has 12 heteroatoms. The Balaban J connectivity index is 1.38. The zero-order valence-electron chi connectivity index (χ0n) is 25.4. The van der Waals surface area contributed by atoms with Crippen molar-refractivity contribution in [3.05, 3.63) is 81.7 Å².